The first-order valence-electron chi connectivity index (χ1n) is 11.5. The number of guanidine groups is 1. The van der Waals surface area contributed by atoms with Gasteiger partial charge in [0.25, 0.3) is 0 Å². The third-order valence-electron chi connectivity index (χ3n) is 5.24. The van der Waals surface area contributed by atoms with E-state index in [2.05, 4.69) is 78.4 Å². The molecule has 1 aromatic carbocycles. The highest BCUT2D eigenvalue weighted by atomic mass is 16.5. The molecule has 2 heterocycles. The quantitative estimate of drug-likeness (QED) is 0.511. The Bertz CT molecular complexity index is 867. The van der Waals surface area contributed by atoms with Gasteiger partial charge in [0.2, 0.25) is 0 Å². The molecule has 1 saturated heterocycles. The maximum atomic E-state index is 6.11. The van der Waals surface area contributed by atoms with Gasteiger partial charge in [0.15, 0.2) is 5.96 Å². The van der Waals surface area contributed by atoms with Gasteiger partial charge >= 0.3 is 0 Å². The van der Waals surface area contributed by atoms with Gasteiger partial charge in [-0.2, -0.15) is 0 Å². The summed E-state index contributed by atoms with van der Waals surface area (Å²) in [6.07, 6.45) is 1.94. The second kappa shape index (κ2) is 11.2. The number of hydrogen-bond acceptors (Lipinski definition) is 5. The van der Waals surface area contributed by atoms with Crippen molar-refractivity contribution in [3.63, 3.8) is 0 Å². The molecule has 174 valence electrons. The van der Waals surface area contributed by atoms with Crippen molar-refractivity contribution in [1.82, 2.24) is 20.5 Å². The van der Waals surface area contributed by atoms with Crippen LogP contribution in [-0.4, -0.2) is 61.2 Å². The van der Waals surface area contributed by atoms with E-state index in [4.69, 9.17) is 9.73 Å². The Morgan fingerprint density at radius 1 is 1.06 bits per heavy atom. The van der Waals surface area contributed by atoms with Crippen LogP contribution in [0.4, 0.5) is 5.82 Å². The molecule has 2 N–H and O–H groups in total. The number of nitrogens with zero attached hydrogens (tertiary/aromatic N) is 4. The van der Waals surface area contributed by atoms with Crippen LogP contribution < -0.4 is 20.3 Å². The fourth-order valence-electron chi connectivity index (χ4n) is 3.50. The summed E-state index contributed by atoms with van der Waals surface area (Å²) >= 11 is 0. The van der Waals surface area contributed by atoms with Crippen molar-refractivity contribution in [3.05, 3.63) is 53.7 Å². The molecule has 0 aliphatic carbocycles. The van der Waals surface area contributed by atoms with Crippen LogP contribution in [0.3, 0.4) is 0 Å². The van der Waals surface area contributed by atoms with E-state index in [1.54, 1.807) is 0 Å². The van der Waals surface area contributed by atoms with Crippen molar-refractivity contribution < 1.29 is 4.74 Å². The van der Waals surface area contributed by atoms with Crippen LogP contribution in [0.15, 0.2) is 47.6 Å². The van der Waals surface area contributed by atoms with E-state index in [0.29, 0.717) is 13.1 Å². The molecule has 3 rings (SSSR count). The minimum absolute atomic E-state index is 0.238. The maximum Gasteiger partial charge on any atom is 0.191 e. The van der Waals surface area contributed by atoms with E-state index in [-0.39, 0.29) is 5.60 Å². The summed E-state index contributed by atoms with van der Waals surface area (Å²) in [5.74, 6) is 2.72. The second-order valence-electron chi connectivity index (χ2n) is 9.19. The van der Waals surface area contributed by atoms with Gasteiger partial charge in [-0.1, -0.05) is 24.3 Å². The molecule has 0 radical (unpaired) electrons. The van der Waals surface area contributed by atoms with Crippen molar-refractivity contribution in [2.45, 2.75) is 46.4 Å². The molecule has 0 atom stereocenters. The van der Waals surface area contributed by atoms with Crippen LogP contribution in [0, 0.1) is 0 Å². The molecule has 0 spiro atoms. The summed E-state index contributed by atoms with van der Waals surface area (Å²) in [6.45, 7) is 14.5. The van der Waals surface area contributed by atoms with Crippen LogP contribution in [0.2, 0.25) is 0 Å². The molecule has 0 unspecified atom stereocenters. The molecule has 2 aromatic rings. The number of aromatic nitrogens is 1. The fraction of sp³-hybridized carbons (Fsp3) is 0.520. The van der Waals surface area contributed by atoms with Crippen LogP contribution in [0.5, 0.6) is 5.75 Å². The average Bonchev–Trinajstić information content (AvgIpc) is 2.76. The van der Waals surface area contributed by atoms with Gasteiger partial charge in [-0.05, 0) is 52.4 Å². The lowest BCUT2D eigenvalue weighted by Crippen LogP contribution is -2.44. The minimum Gasteiger partial charge on any atom is -0.488 e. The number of aliphatic imine (C=N–C) groups is 1. The summed E-state index contributed by atoms with van der Waals surface area (Å²) in [6, 6.07) is 12.4. The third kappa shape index (κ3) is 7.41. The van der Waals surface area contributed by atoms with Crippen molar-refractivity contribution in [2.75, 3.05) is 44.7 Å². The van der Waals surface area contributed by atoms with Crippen molar-refractivity contribution in [2.24, 2.45) is 4.99 Å². The number of ether oxygens (including phenoxy) is 1. The zero-order chi connectivity index (χ0) is 23.0. The van der Waals surface area contributed by atoms with Gasteiger partial charge in [-0.15, -0.1) is 0 Å². The molecule has 7 heteroatoms. The Hall–Kier alpha value is -2.80. The van der Waals surface area contributed by atoms with Crippen molar-refractivity contribution >= 4 is 11.8 Å². The van der Waals surface area contributed by atoms with E-state index in [9.17, 15) is 0 Å². The Labute approximate surface area is 192 Å². The van der Waals surface area contributed by atoms with E-state index >= 15 is 0 Å². The van der Waals surface area contributed by atoms with Gasteiger partial charge in [-0.3, -0.25) is 0 Å². The Morgan fingerprint density at radius 2 is 1.81 bits per heavy atom. The van der Waals surface area contributed by atoms with Crippen molar-refractivity contribution in [1.29, 1.82) is 0 Å². The summed E-state index contributed by atoms with van der Waals surface area (Å²) < 4.78 is 6.11. The first kappa shape index (κ1) is 23.9. The maximum absolute atomic E-state index is 6.11. The Kier molecular flexibility index (Phi) is 8.33. The molecule has 0 amide bonds. The van der Waals surface area contributed by atoms with Crippen LogP contribution in [-0.2, 0) is 13.1 Å². The van der Waals surface area contributed by atoms with Gasteiger partial charge in [-0.25, -0.2) is 9.98 Å². The van der Waals surface area contributed by atoms with Gasteiger partial charge < -0.3 is 25.2 Å². The molecule has 1 aliphatic rings. The van der Waals surface area contributed by atoms with Crippen LogP contribution >= 0.6 is 0 Å². The highest BCUT2D eigenvalue weighted by Crippen LogP contribution is 2.22. The predicted octanol–water partition coefficient (Wildman–Crippen LogP) is 3.27. The molecule has 0 saturated carbocycles. The number of para-hydroxylation sites is 1. The zero-order valence-corrected chi connectivity index (χ0v) is 20.2. The fourth-order valence-corrected chi connectivity index (χ4v) is 3.50. The largest absolute Gasteiger partial charge is 0.488 e. The van der Waals surface area contributed by atoms with E-state index in [1.807, 2.05) is 24.4 Å². The summed E-state index contributed by atoms with van der Waals surface area (Å²) in [5.41, 5.74) is 1.96. The number of likely N-dealkylation sites (N-methyl/N-ethyl adjacent to an activating group) is 1. The molecule has 7 nitrogen and oxygen atoms in total. The number of benzene rings is 1. The monoisotopic (exact) mass is 438 g/mol. The lowest BCUT2D eigenvalue weighted by atomic mass is 10.1. The molecule has 32 heavy (non-hydrogen) atoms. The van der Waals surface area contributed by atoms with Crippen molar-refractivity contribution in [3.8, 4) is 5.75 Å². The second-order valence-corrected chi connectivity index (χ2v) is 9.19. The first-order valence-corrected chi connectivity index (χ1v) is 11.5. The van der Waals surface area contributed by atoms with E-state index in [1.165, 1.54) is 0 Å². The van der Waals surface area contributed by atoms with Gasteiger partial charge in [0, 0.05) is 51.0 Å². The molecule has 1 aromatic heterocycles. The summed E-state index contributed by atoms with van der Waals surface area (Å²) in [4.78, 5) is 14.1. The van der Waals surface area contributed by atoms with Gasteiger partial charge in [0.1, 0.15) is 17.2 Å². The smallest absolute Gasteiger partial charge is 0.191 e. The molecule has 1 aliphatic heterocycles. The number of rotatable bonds is 7. The first-order chi connectivity index (χ1) is 15.3. The third-order valence-corrected chi connectivity index (χ3v) is 5.24. The number of pyridine rings is 1. The highest BCUT2D eigenvalue weighted by Gasteiger charge is 2.16. The molecule has 1 fully saturated rings. The SMILES string of the molecule is CCNC(=NCc1ccc(N2CCN(C)CC2)nc1)NCc1ccccc1OC(C)(C)C. The highest BCUT2D eigenvalue weighted by molar-refractivity contribution is 5.79. The Morgan fingerprint density at radius 3 is 2.47 bits per heavy atom. The summed E-state index contributed by atoms with van der Waals surface area (Å²) in [5, 5.41) is 6.75. The molecular weight excluding hydrogens is 400 g/mol. The van der Waals surface area contributed by atoms with Gasteiger partial charge in [0.05, 0.1) is 6.54 Å². The predicted molar refractivity (Wildman–Crippen MR) is 132 cm³/mol. The lowest BCUT2D eigenvalue weighted by molar-refractivity contribution is 0.129. The van der Waals surface area contributed by atoms with E-state index < -0.39 is 0 Å². The topological polar surface area (TPSA) is 65.0 Å². The molecule has 0 bridgehead atoms. The zero-order valence-electron chi connectivity index (χ0n) is 20.2. The minimum atomic E-state index is -0.238. The standard InChI is InChI=1S/C25H38N6O/c1-6-26-24(29-19-21-9-7-8-10-22(21)32-25(2,3)4)28-18-20-11-12-23(27-17-20)31-15-13-30(5)14-16-31/h7-12,17H,6,13-16,18-19H2,1-5H3,(H2,26,28,29). The lowest BCUT2D eigenvalue weighted by Gasteiger charge is -2.33. The average molecular weight is 439 g/mol. The number of hydrogen-bond donors (Lipinski definition) is 2. The molecular formula is C25H38N6O. The van der Waals surface area contributed by atoms with E-state index in [0.717, 1.165) is 61.4 Å². The number of piperazine rings is 1. The Balaban J connectivity index is 1.60. The number of nitrogens with one attached hydrogen (secondary N) is 2. The number of anilines is 1. The van der Waals surface area contributed by atoms with Crippen LogP contribution in [0.1, 0.15) is 38.8 Å². The normalized spacial score (nSPS) is 15.5. The summed E-state index contributed by atoms with van der Waals surface area (Å²) in [7, 11) is 2.16. The van der Waals surface area contributed by atoms with Crippen LogP contribution in [0.25, 0.3) is 0 Å².